The van der Waals surface area contributed by atoms with Crippen LogP contribution in [0.5, 0.6) is 11.5 Å². The van der Waals surface area contributed by atoms with Gasteiger partial charge in [-0.05, 0) is 43.7 Å². The van der Waals surface area contributed by atoms with Gasteiger partial charge in [0.15, 0.2) is 11.5 Å². The minimum absolute atomic E-state index is 0.195. The Labute approximate surface area is 134 Å². The summed E-state index contributed by atoms with van der Waals surface area (Å²) in [5.74, 6) is 1.49. The second-order valence-electron chi connectivity index (χ2n) is 4.87. The van der Waals surface area contributed by atoms with Crippen molar-refractivity contribution < 1.29 is 9.47 Å². The zero-order valence-electron chi connectivity index (χ0n) is 12.6. The zero-order chi connectivity index (χ0) is 15.4. The average Bonchev–Trinajstić information content (AvgIpc) is 2.93. The molecule has 0 saturated carbocycles. The lowest BCUT2D eigenvalue weighted by Crippen LogP contribution is -2.21. The normalized spacial score (nSPS) is 13.8. The molecule has 21 heavy (non-hydrogen) atoms. The van der Waals surface area contributed by atoms with Gasteiger partial charge in [-0.25, -0.2) is 0 Å². The lowest BCUT2D eigenvalue weighted by Gasteiger charge is -2.20. The second kappa shape index (κ2) is 7.16. The molecule has 0 aliphatic rings. The van der Waals surface area contributed by atoms with Crippen LogP contribution in [0.2, 0.25) is 4.34 Å². The first-order chi connectivity index (χ1) is 10.0. The number of methoxy groups -OCH3 is 2. The standard InChI is InChI=1S/C16H20ClNO2S/c1-10(18-11(2)15-7-8-16(17)21-15)12-5-6-13(19-3)14(9-12)20-4/h5-11,18H,1-4H3. The molecule has 0 amide bonds. The predicted molar refractivity (Wildman–Crippen MR) is 88.8 cm³/mol. The van der Waals surface area contributed by atoms with E-state index in [0.29, 0.717) is 0 Å². The molecule has 3 nitrogen and oxygen atoms in total. The van der Waals surface area contributed by atoms with E-state index in [4.69, 9.17) is 21.1 Å². The Morgan fingerprint density at radius 2 is 1.71 bits per heavy atom. The lowest BCUT2D eigenvalue weighted by molar-refractivity contribution is 0.353. The van der Waals surface area contributed by atoms with Crippen LogP contribution in [0.1, 0.15) is 36.4 Å². The number of nitrogens with one attached hydrogen (secondary N) is 1. The molecule has 2 atom stereocenters. The summed E-state index contributed by atoms with van der Waals surface area (Å²) >= 11 is 7.60. The van der Waals surface area contributed by atoms with Gasteiger partial charge in [0.25, 0.3) is 0 Å². The van der Waals surface area contributed by atoms with E-state index in [0.717, 1.165) is 21.4 Å². The number of halogens is 1. The highest BCUT2D eigenvalue weighted by atomic mass is 35.5. The molecule has 0 radical (unpaired) electrons. The van der Waals surface area contributed by atoms with Crippen LogP contribution in [0.25, 0.3) is 0 Å². The van der Waals surface area contributed by atoms with Crippen molar-refractivity contribution in [2.45, 2.75) is 25.9 Å². The predicted octanol–water partition coefficient (Wildman–Crippen LogP) is 4.83. The monoisotopic (exact) mass is 325 g/mol. The maximum atomic E-state index is 5.99. The molecule has 0 saturated heterocycles. The molecule has 1 aromatic heterocycles. The Hall–Kier alpha value is -1.23. The Morgan fingerprint density at radius 1 is 1.00 bits per heavy atom. The maximum Gasteiger partial charge on any atom is 0.161 e. The summed E-state index contributed by atoms with van der Waals surface area (Å²) in [6.45, 7) is 4.27. The van der Waals surface area contributed by atoms with Gasteiger partial charge in [-0.15, -0.1) is 11.3 Å². The van der Waals surface area contributed by atoms with E-state index in [9.17, 15) is 0 Å². The molecule has 2 unspecified atom stereocenters. The molecule has 0 spiro atoms. The van der Waals surface area contributed by atoms with E-state index in [1.165, 1.54) is 4.88 Å². The summed E-state index contributed by atoms with van der Waals surface area (Å²) in [4.78, 5) is 1.23. The Kier molecular flexibility index (Phi) is 5.51. The third-order valence-electron chi connectivity index (χ3n) is 3.43. The van der Waals surface area contributed by atoms with E-state index in [1.807, 2.05) is 24.3 Å². The molecule has 5 heteroatoms. The van der Waals surface area contributed by atoms with Crippen molar-refractivity contribution in [1.29, 1.82) is 0 Å². The molecule has 114 valence electrons. The van der Waals surface area contributed by atoms with Crippen LogP contribution < -0.4 is 14.8 Å². The van der Waals surface area contributed by atoms with Crippen LogP contribution in [0.3, 0.4) is 0 Å². The van der Waals surface area contributed by atoms with E-state index < -0.39 is 0 Å². The first kappa shape index (κ1) is 16.1. The molecule has 0 aliphatic heterocycles. The van der Waals surface area contributed by atoms with Crippen LogP contribution in [0, 0.1) is 0 Å². The highest BCUT2D eigenvalue weighted by molar-refractivity contribution is 7.16. The third kappa shape index (κ3) is 3.90. The molecule has 1 aromatic carbocycles. The number of hydrogen-bond donors (Lipinski definition) is 1. The van der Waals surface area contributed by atoms with Crippen LogP contribution in [-0.2, 0) is 0 Å². The van der Waals surface area contributed by atoms with Crippen molar-refractivity contribution in [1.82, 2.24) is 5.32 Å². The van der Waals surface area contributed by atoms with Crippen LogP contribution in [0.4, 0.5) is 0 Å². The van der Waals surface area contributed by atoms with Gasteiger partial charge in [0.05, 0.1) is 18.6 Å². The number of benzene rings is 1. The summed E-state index contributed by atoms with van der Waals surface area (Å²) in [7, 11) is 3.29. The fourth-order valence-corrected chi connectivity index (χ4v) is 3.31. The smallest absolute Gasteiger partial charge is 0.161 e. The summed E-state index contributed by atoms with van der Waals surface area (Å²) in [6, 6.07) is 10.4. The minimum atomic E-state index is 0.195. The Morgan fingerprint density at radius 3 is 2.29 bits per heavy atom. The highest BCUT2D eigenvalue weighted by Crippen LogP contribution is 2.32. The second-order valence-corrected chi connectivity index (χ2v) is 6.61. The van der Waals surface area contributed by atoms with Crippen molar-refractivity contribution in [3.63, 3.8) is 0 Å². The molecular weight excluding hydrogens is 306 g/mol. The molecule has 2 rings (SSSR count). The van der Waals surface area contributed by atoms with Crippen molar-refractivity contribution in [2.75, 3.05) is 14.2 Å². The quantitative estimate of drug-likeness (QED) is 0.825. The molecular formula is C16H20ClNO2S. The van der Waals surface area contributed by atoms with Gasteiger partial charge in [0.1, 0.15) is 0 Å². The van der Waals surface area contributed by atoms with Gasteiger partial charge >= 0.3 is 0 Å². The first-order valence-corrected chi connectivity index (χ1v) is 7.97. The third-order valence-corrected chi connectivity index (χ3v) is 4.84. The number of hydrogen-bond acceptors (Lipinski definition) is 4. The Bertz CT molecular complexity index is 600. The molecule has 1 heterocycles. The summed E-state index contributed by atoms with van der Waals surface area (Å²) in [5.41, 5.74) is 1.15. The molecule has 1 N–H and O–H groups in total. The maximum absolute atomic E-state index is 5.99. The molecule has 0 fully saturated rings. The lowest BCUT2D eigenvalue weighted by atomic mass is 10.1. The van der Waals surface area contributed by atoms with E-state index in [2.05, 4.69) is 25.2 Å². The fraction of sp³-hybridized carbons (Fsp3) is 0.375. The number of thiophene rings is 1. The molecule has 2 aromatic rings. The van der Waals surface area contributed by atoms with E-state index in [-0.39, 0.29) is 12.1 Å². The van der Waals surface area contributed by atoms with Gasteiger partial charge in [0.2, 0.25) is 0 Å². The van der Waals surface area contributed by atoms with Crippen molar-refractivity contribution in [3.8, 4) is 11.5 Å². The van der Waals surface area contributed by atoms with Crippen molar-refractivity contribution >= 4 is 22.9 Å². The number of rotatable bonds is 6. The minimum Gasteiger partial charge on any atom is -0.493 e. The van der Waals surface area contributed by atoms with Gasteiger partial charge in [0, 0.05) is 17.0 Å². The Balaban J connectivity index is 2.11. The van der Waals surface area contributed by atoms with E-state index in [1.54, 1.807) is 25.6 Å². The highest BCUT2D eigenvalue weighted by Gasteiger charge is 2.14. The van der Waals surface area contributed by atoms with Gasteiger partial charge in [-0.2, -0.15) is 0 Å². The van der Waals surface area contributed by atoms with E-state index >= 15 is 0 Å². The number of ether oxygens (including phenoxy) is 2. The van der Waals surface area contributed by atoms with Crippen LogP contribution >= 0.6 is 22.9 Å². The summed E-state index contributed by atoms with van der Waals surface area (Å²) < 4.78 is 11.4. The molecule has 0 aliphatic carbocycles. The van der Waals surface area contributed by atoms with Gasteiger partial charge in [-0.3, -0.25) is 0 Å². The van der Waals surface area contributed by atoms with Crippen molar-refractivity contribution in [3.05, 3.63) is 45.1 Å². The summed E-state index contributed by atoms with van der Waals surface area (Å²) in [5, 5.41) is 3.57. The first-order valence-electron chi connectivity index (χ1n) is 6.78. The van der Waals surface area contributed by atoms with Gasteiger partial charge in [-0.1, -0.05) is 17.7 Å². The van der Waals surface area contributed by atoms with Crippen LogP contribution in [-0.4, -0.2) is 14.2 Å². The zero-order valence-corrected chi connectivity index (χ0v) is 14.2. The summed E-state index contributed by atoms with van der Waals surface area (Å²) in [6.07, 6.45) is 0. The van der Waals surface area contributed by atoms with Crippen molar-refractivity contribution in [2.24, 2.45) is 0 Å². The average molecular weight is 326 g/mol. The van der Waals surface area contributed by atoms with Gasteiger partial charge < -0.3 is 14.8 Å². The van der Waals surface area contributed by atoms with Crippen LogP contribution in [0.15, 0.2) is 30.3 Å². The topological polar surface area (TPSA) is 30.5 Å². The molecule has 0 bridgehead atoms. The SMILES string of the molecule is COc1ccc(C(C)NC(C)c2ccc(Cl)s2)cc1OC. The fourth-order valence-electron chi connectivity index (χ4n) is 2.24. The largest absolute Gasteiger partial charge is 0.493 e.